The first-order chi connectivity index (χ1) is 8.99. The van der Waals surface area contributed by atoms with Gasteiger partial charge in [0.1, 0.15) is 5.82 Å². The molecule has 3 nitrogen and oxygen atoms in total. The molecule has 1 saturated heterocycles. The third-order valence-electron chi connectivity index (χ3n) is 3.61. The van der Waals surface area contributed by atoms with Crippen LogP contribution in [0.2, 0.25) is 5.02 Å². The molecule has 1 aliphatic rings. The van der Waals surface area contributed by atoms with Gasteiger partial charge in [-0.25, -0.2) is 4.39 Å². The molecule has 1 fully saturated rings. The SMILES string of the molecule is C[C@@H](NC(=O)C1CCCN1C)c1ccc(F)cc1Cl. The Morgan fingerprint density at radius 1 is 1.58 bits per heavy atom. The van der Waals surface area contributed by atoms with E-state index in [2.05, 4.69) is 5.32 Å². The lowest BCUT2D eigenvalue weighted by Crippen LogP contribution is -2.42. The number of nitrogens with one attached hydrogen (secondary N) is 1. The van der Waals surface area contributed by atoms with Gasteiger partial charge in [0.25, 0.3) is 0 Å². The molecule has 1 aromatic carbocycles. The molecule has 0 bridgehead atoms. The number of amides is 1. The summed E-state index contributed by atoms with van der Waals surface area (Å²) in [5.74, 6) is -0.365. The molecule has 0 aromatic heterocycles. The van der Waals surface area contributed by atoms with E-state index >= 15 is 0 Å². The predicted molar refractivity (Wildman–Crippen MR) is 73.6 cm³/mol. The smallest absolute Gasteiger partial charge is 0.237 e. The molecule has 0 aliphatic carbocycles. The standard InChI is InChI=1S/C14H18ClFN2O/c1-9(11-6-5-10(16)8-12(11)15)17-14(19)13-4-3-7-18(13)2/h5-6,8-9,13H,3-4,7H2,1-2H3,(H,17,19)/t9-,13?/m1/s1. The Bertz CT molecular complexity index is 481. The van der Waals surface area contributed by atoms with Crippen LogP contribution in [0.15, 0.2) is 18.2 Å². The largest absolute Gasteiger partial charge is 0.348 e. The fourth-order valence-corrected chi connectivity index (χ4v) is 2.81. The molecule has 5 heteroatoms. The van der Waals surface area contributed by atoms with E-state index in [-0.39, 0.29) is 23.8 Å². The first-order valence-corrected chi connectivity index (χ1v) is 6.82. The van der Waals surface area contributed by atoms with E-state index in [4.69, 9.17) is 11.6 Å². The lowest BCUT2D eigenvalue weighted by molar-refractivity contribution is -0.125. The number of hydrogen-bond acceptors (Lipinski definition) is 2. The molecule has 2 atom stereocenters. The zero-order chi connectivity index (χ0) is 14.0. The van der Waals surface area contributed by atoms with Crippen LogP contribution in [0.1, 0.15) is 31.4 Å². The maximum atomic E-state index is 13.0. The number of carbonyl (C=O) groups excluding carboxylic acids is 1. The van der Waals surface area contributed by atoms with Crippen molar-refractivity contribution in [3.05, 3.63) is 34.6 Å². The van der Waals surface area contributed by atoms with E-state index in [0.29, 0.717) is 5.02 Å². The fourth-order valence-electron chi connectivity index (χ4n) is 2.48. The molecule has 0 saturated carbocycles. The van der Waals surface area contributed by atoms with E-state index in [1.807, 2.05) is 18.9 Å². The monoisotopic (exact) mass is 284 g/mol. The Morgan fingerprint density at radius 2 is 2.32 bits per heavy atom. The first kappa shape index (κ1) is 14.3. The molecule has 1 heterocycles. The molecule has 1 N–H and O–H groups in total. The number of hydrogen-bond donors (Lipinski definition) is 1. The van der Waals surface area contributed by atoms with Gasteiger partial charge in [0.2, 0.25) is 5.91 Å². The van der Waals surface area contributed by atoms with Crippen molar-refractivity contribution in [3.63, 3.8) is 0 Å². The summed E-state index contributed by atoms with van der Waals surface area (Å²) in [6.07, 6.45) is 1.92. The van der Waals surface area contributed by atoms with Crippen LogP contribution in [-0.4, -0.2) is 30.4 Å². The first-order valence-electron chi connectivity index (χ1n) is 6.44. The normalized spacial score (nSPS) is 21.4. The molecule has 1 aliphatic heterocycles. The van der Waals surface area contributed by atoms with Gasteiger partial charge in [-0.2, -0.15) is 0 Å². The van der Waals surface area contributed by atoms with Crippen molar-refractivity contribution >= 4 is 17.5 Å². The van der Waals surface area contributed by atoms with E-state index in [1.54, 1.807) is 6.07 Å². The van der Waals surface area contributed by atoms with Crippen molar-refractivity contribution in [1.29, 1.82) is 0 Å². The van der Waals surface area contributed by atoms with Gasteiger partial charge in [-0.1, -0.05) is 17.7 Å². The van der Waals surface area contributed by atoms with Crippen molar-refractivity contribution in [2.24, 2.45) is 0 Å². The zero-order valence-corrected chi connectivity index (χ0v) is 11.9. The molecule has 19 heavy (non-hydrogen) atoms. The number of likely N-dealkylation sites (N-methyl/N-ethyl adjacent to an activating group) is 1. The van der Waals surface area contributed by atoms with Crippen LogP contribution < -0.4 is 5.32 Å². The maximum Gasteiger partial charge on any atom is 0.237 e. The van der Waals surface area contributed by atoms with Crippen molar-refractivity contribution in [3.8, 4) is 0 Å². The third-order valence-corrected chi connectivity index (χ3v) is 3.94. The second-order valence-electron chi connectivity index (χ2n) is 5.03. The highest BCUT2D eigenvalue weighted by Gasteiger charge is 2.28. The van der Waals surface area contributed by atoms with Crippen LogP contribution in [0.3, 0.4) is 0 Å². The Morgan fingerprint density at radius 3 is 2.89 bits per heavy atom. The van der Waals surface area contributed by atoms with Gasteiger partial charge in [0.05, 0.1) is 12.1 Å². The van der Waals surface area contributed by atoms with Crippen LogP contribution in [0.5, 0.6) is 0 Å². The Hall–Kier alpha value is -1.13. The van der Waals surface area contributed by atoms with Crippen LogP contribution in [-0.2, 0) is 4.79 Å². The summed E-state index contributed by atoms with van der Waals surface area (Å²) >= 11 is 5.99. The number of benzene rings is 1. The van der Waals surface area contributed by atoms with Gasteiger partial charge in [-0.05, 0) is 51.1 Å². The fraction of sp³-hybridized carbons (Fsp3) is 0.500. The van der Waals surface area contributed by atoms with E-state index in [1.165, 1.54) is 12.1 Å². The minimum Gasteiger partial charge on any atom is -0.348 e. The molecule has 1 amide bonds. The quantitative estimate of drug-likeness (QED) is 0.926. The Labute approximate surface area is 117 Å². The maximum absolute atomic E-state index is 13.0. The number of rotatable bonds is 3. The summed E-state index contributed by atoms with van der Waals surface area (Å²) in [5, 5.41) is 3.28. The second kappa shape index (κ2) is 5.88. The highest BCUT2D eigenvalue weighted by Crippen LogP contribution is 2.24. The van der Waals surface area contributed by atoms with E-state index < -0.39 is 0 Å². The van der Waals surface area contributed by atoms with Gasteiger partial charge >= 0.3 is 0 Å². The lowest BCUT2D eigenvalue weighted by atomic mass is 10.1. The number of halogens is 2. The number of nitrogens with zero attached hydrogens (tertiary/aromatic N) is 1. The van der Waals surface area contributed by atoms with Crippen molar-refractivity contribution < 1.29 is 9.18 Å². The summed E-state index contributed by atoms with van der Waals surface area (Å²) in [7, 11) is 1.95. The minimum absolute atomic E-state index is 0.00731. The van der Waals surface area contributed by atoms with E-state index in [9.17, 15) is 9.18 Å². The zero-order valence-electron chi connectivity index (χ0n) is 11.1. The van der Waals surface area contributed by atoms with Gasteiger partial charge in [0, 0.05) is 5.02 Å². The van der Waals surface area contributed by atoms with Gasteiger partial charge in [0.15, 0.2) is 0 Å². The predicted octanol–water partition coefficient (Wildman–Crippen LogP) is 2.75. The van der Waals surface area contributed by atoms with Crippen molar-refractivity contribution in [1.82, 2.24) is 10.2 Å². The minimum atomic E-state index is -0.372. The van der Waals surface area contributed by atoms with Crippen molar-refractivity contribution in [2.45, 2.75) is 31.8 Å². The van der Waals surface area contributed by atoms with Gasteiger partial charge in [-0.3, -0.25) is 9.69 Å². The number of carbonyl (C=O) groups is 1. The molecule has 104 valence electrons. The molecular weight excluding hydrogens is 267 g/mol. The van der Waals surface area contributed by atoms with Crippen LogP contribution in [0.4, 0.5) is 4.39 Å². The molecule has 1 unspecified atom stereocenters. The average molecular weight is 285 g/mol. The summed E-state index contributed by atoms with van der Waals surface area (Å²) < 4.78 is 13.0. The Kier molecular flexibility index (Phi) is 4.42. The van der Waals surface area contributed by atoms with E-state index in [0.717, 1.165) is 24.9 Å². The molecule has 2 rings (SSSR count). The molecule has 0 spiro atoms. The average Bonchev–Trinajstić information content (AvgIpc) is 2.75. The van der Waals surface area contributed by atoms with Crippen LogP contribution >= 0.6 is 11.6 Å². The summed E-state index contributed by atoms with van der Waals surface area (Å²) in [6.45, 7) is 2.80. The lowest BCUT2D eigenvalue weighted by Gasteiger charge is -2.22. The number of likely N-dealkylation sites (tertiary alicyclic amines) is 1. The van der Waals surface area contributed by atoms with Crippen molar-refractivity contribution in [2.75, 3.05) is 13.6 Å². The summed E-state index contributed by atoms with van der Waals surface area (Å²) in [6, 6.07) is 3.93. The molecule has 0 radical (unpaired) electrons. The molecule has 1 aromatic rings. The highest BCUT2D eigenvalue weighted by molar-refractivity contribution is 6.31. The van der Waals surface area contributed by atoms with Crippen LogP contribution in [0.25, 0.3) is 0 Å². The Balaban J connectivity index is 2.04. The highest BCUT2D eigenvalue weighted by atomic mass is 35.5. The topological polar surface area (TPSA) is 32.3 Å². The second-order valence-corrected chi connectivity index (χ2v) is 5.44. The third kappa shape index (κ3) is 3.25. The summed E-state index contributed by atoms with van der Waals surface area (Å²) in [5.41, 5.74) is 0.733. The van der Waals surface area contributed by atoms with Gasteiger partial charge in [-0.15, -0.1) is 0 Å². The summed E-state index contributed by atoms with van der Waals surface area (Å²) in [4.78, 5) is 14.2. The van der Waals surface area contributed by atoms with Crippen LogP contribution in [0, 0.1) is 5.82 Å². The molecular formula is C14H18ClFN2O. The van der Waals surface area contributed by atoms with Gasteiger partial charge < -0.3 is 5.32 Å².